The summed E-state index contributed by atoms with van der Waals surface area (Å²) in [4.78, 5) is 14.1. The van der Waals surface area contributed by atoms with Crippen molar-refractivity contribution in [3.05, 3.63) is 22.7 Å². The van der Waals surface area contributed by atoms with Crippen molar-refractivity contribution >= 4 is 28.9 Å². The van der Waals surface area contributed by atoms with Gasteiger partial charge in [-0.2, -0.15) is 0 Å². The molecular formula is C14H21ClN2O2. The number of nitrogen functional groups attached to an aromatic ring is 1. The maximum Gasteiger partial charge on any atom is 0.340 e. The van der Waals surface area contributed by atoms with E-state index in [1.54, 1.807) is 19.1 Å². The Labute approximate surface area is 119 Å². The minimum Gasteiger partial charge on any atom is -0.462 e. The standard InChI is InChI=1S/C14H21ClN2O2/c1-5-17(9(3)4)13-11(14(18)19-6-2)7-10(16)8-12(13)15/h7-9H,5-6,16H2,1-4H3. The number of hydrogen-bond acceptors (Lipinski definition) is 4. The maximum atomic E-state index is 12.0. The van der Waals surface area contributed by atoms with E-state index in [1.165, 1.54) is 0 Å². The Hall–Kier alpha value is -1.42. The molecule has 0 aliphatic rings. The second kappa shape index (κ2) is 6.66. The lowest BCUT2D eigenvalue weighted by Gasteiger charge is -2.30. The number of esters is 1. The van der Waals surface area contributed by atoms with Crippen LogP contribution in [0.3, 0.4) is 0 Å². The van der Waals surface area contributed by atoms with Crippen LogP contribution in [-0.4, -0.2) is 25.2 Å². The summed E-state index contributed by atoms with van der Waals surface area (Å²) in [5, 5.41) is 0.471. The predicted octanol–water partition coefficient (Wildman–Crippen LogP) is 3.33. The van der Waals surface area contributed by atoms with Crippen LogP contribution in [0, 0.1) is 0 Å². The first-order chi connectivity index (χ1) is 8.92. The highest BCUT2D eigenvalue weighted by Crippen LogP contribution is 2.34. The first-order valence-corrected chi connectivity index (χ1v) is 6.82. The summed E-state index contributed by atoms with van der Waals surface area (Å²) in [6.07, 6.45) is 0. The highest BCUT2D eigenvalue weighted by Gasteiger charge is 2.22. The van der Waals surface area contributed by atoms with Gasteiger partial charge in [0.15, 0.2) is 0 Å². The molecule has 0 saturated carbocycles. The molecule has 2 N–H and O–H groups in total. The molecule has 1 rings (SSSR count). The van der Waals surface area contributed by atoms with Crippen molar-refractivity contribution in [2.24, 2.45) is 0 Å². The Morgan fingerprint density at radius 1 is 1.42 bits per heavy atom. The molecule has 1 aromatic rings. The molecule has 5 heteroatoms. The van der Waals surface area contributed by atoms with E-state index in [0.29, 0.717) is 28.6 Å². The maximum absolute atomic E-state index is 12.0. The van der Waals surface area contributed by atoms with Crippen LogP contribution in [0.15, 0.2) is 12.1 Å². The van der Waals surface area contributed by atoms with Crippen molar-refractivity contribution in [2.45, 2.75) is 33.7 Å². The van der Waals surface area contributed by atoms with Crippen molar-refractivity contribution in [3.8, 4) is 0 Å². The van der Waals surface area contributed by atoms with Crippen molar-refractivity contribution < 1.29 is 9.53 Å². The van der Waals surface area contributed by atoms with E-state index in [1.807, 2.05) is 25.7 Å². The molecule has 0 aliphatic heterocycles. The number of hydrogen-bond donors (Lipinski definition) is 1. The number of anilines is 2. The molecule has 0 radical (unpaired) electrons. The first-order valence-electron chi connectivity index (χ1n) is 6.45. The van der Waals surface area contributed by atoms with Crippen LogP contribution in [-0.2, 0) is 4.74 Å². The van der Waals surface area contributed by atoms with Gasteiger partial charge in [-0.3, -0.25) is 0 Å². The van der Waals surface area contributed by atoms with Gasteiger partial charge in [-0.1, -0.05) is 11.6 Å². The number of halogens is 1. The summed E-state index contributed by atoms with van der Waals surface area (Å²) in [7, 11) is 0. The number of nitrogens with two attached hydrogens (primary N) is 1. The van der Waals surface area contributed by atoms with Crippen LogP contribution in [0.4, 0.5) is 11.4 Å². The molecule has 0 spiro atoms. The lowest BCUT2D eigenvalue weighted by molar-refractivity contribution is 0.0527. The number of carbonyl (C=O) groups excluding carboxylic acids is 1. The van der Waals surface area contributed by atoms with Crippen molar-refractivity contribution in [1.29, 1.82) is 0 Å². The van der Waals surface area contributed by atoms with Crippen LogP contribution in [0.5, 0.6) is 0 Å². The summed E-state index contributed by atoms with van der Waals surface area (Å²) >= 11 is 6.27. The molecule has 0 unspecified atom stereocenters. The third-order valence-corrected chi connectivity index (χ3v) is 3.12. The number of ether oxygens (including phenoxy) is 1. The van der Waals surface area contributed by atoms with Gasteiger partial charge in [0.25, 0.3) is 0 Å². The van der Waals surface area contributed by atoms with Gasteiger partial charge < -0.3 is 15.4 Å². The second-order valence-corrected chi connectivity index (χ2v) is 4.91. The average Bonchev–Trinajstić information content (AvgIpc) is 2.32. The highest BCUT2D eigenvalue weighted by molar-refractivity contribution is 6.34. The van der Waals surface area contributed by atoms with Gasteiger partial charge >= 0.3 is 5.97 Å². The highest BCUT2D eigenvalue weighted by atomic mass is 35.5. The number of nitrogens with zero attached hydrogens (tertiary/aromatic N) is 1. The van der Waals surface area contributed by atoms with Gasteiger partial charge in [-0.15, -0.1) is 0 Å². The van der Waals surface area contributed by atoms with Crippen LogP contribution < -0.4 is 10.6 Å². The molecule has 4 nitrogen and oxygen atoms in total. The van der Waals surface area contributed by atoms with Crippen molar-refractivity contribution in [3.63, 3.8) is 0 Å². The van der Waals surface area contributed by atoms with Gasteiger partial charge in [-0.05, 0) is 39.8 Å². The van der Waals surface area contributed by atoms with Crippen LogP contribution >= 0.6 is 11.6 Å². The summed E-state index contributed by atoms with van der Waals surface area (Å²) < 4.78 is 5.07. The Balaban J connectivity index is 3.38. The van der Waals surface area contributed by atoms with E-state index in [2.05, 4.69) is 0 Å². The third kappa shape index (κ3) is 3.53. The molecule has 0 heterocycles. The quantitative estimate of drug-likeness (QED) is 0.665. The molecule has 1 aromatic carbocycles. The van der Waals surface area contributed by atoms with E-state index in [0.717, 1.165) is 6.54 Å². The predicted molar refractivity (Wildman–Crippen MR) is 80.0 cm³/mol. The zero-order valence-electron chi connectivity index (χ0n) is 11.9. The zero-order chi connectivity index (χ0) is 14.6. The van der Waals surface area contributed by atoms with Crippen molar-refractivity contribution in [2.75, 3.05) is 23.8 Å². The molecule has 0 fully saturated rings. The Kier molecular flexibility index (Phi) is 5.48. The molecule has 0 saturated heterocycles. The first kappa shape index (κ1) is 15.6. The Morgan fingerprint density at radius 2 is 2.05 bits per heavy atom. The minimum absolute atomic E-state index is 0.222. The molecule has 106 valence electrons. The fraction of sp³-hybridized carbons (Fsp3) is 0.500. The molecule has 0 atom stereocenters. The van der Waals surface area contributed by atoms with Crippen LogP contribution in [0.2, 0.25) is 5.02 Å². The second-order valence-electron chi connectivity index (χ2n) is 4.50. The van der Waals surface area contributed by atoms with Gasteiger partial charge in [0.1, 0.15) is 0 Å². The number of carbonyl (C=O) groups is 1. The normalized spacial score (nSPS) is 10.6. The minimum atomic E-state index is -0.397. The van der Waals surface area contributed by atoms with Crippen LogP contribution in [0.1, 0.15) is 38.1 Å². The zero-order valence-corrected chi connectivity index (χ0v) is 12.6. The topological polar surface area (TPSA) is 55.6 Å². The molecule has 0 aromatic heterocycles. The van der Waals surface area contributed by atoms with Gasteiger partial charge in [0.2, 0.25) is 0 Å². The monoisotopic (exact) mass is 284 g/mol. The summed E-state index contributed by atoms with van der Waals surface area (Å²) in [5.74, 6) is -0.397. The fourth-order valence-electron chi connectivity index (χ4n) is 2.06. The SMILES string of the molecule is CCOC(=O)c1cc(N)cc(Cl)c1N(CC)C(C)C. The Bertz CT molecular complexity index is 461. The molecule has 0 bridgehead atoms. The number of benzene rings is 1. The Morgan fingerprint density at radius 3 is 2.53 bits per heavy atom. The third-order valence-electron chi connectivity index (χ3n) is 2.83. The van der Waals surface area contributed by atoms with Gasteiger partial charge in [-0.25, -0.2) is 4.79 Å². The van der Waals surface area contributed by atoms with E-state index in [-0.39, 0.29) is 6.04 Å². The lowest BCUT2D eigenvalue weighted by Crippen LogP contribution is -2.32. The molecule has 0 amide bonds. The van der Waals surface area contributed by atoms with Gasteiger partial charge in [0.05, 0.1) is 22.9 Å². The molecular weight excluding hydrogens is 264 g/mol. The summed E-state index contributed by atoms with van der Waals surface area (Å²) in [6.45, 7) is 8.94. The smallest absolute Gasteiger partial charge is 0.340 e. The lowest BCUT2D eigenvalue weighted by atomic mass is 10.1. The summed E-state index contributed by atoms with van der Waals surface area (Å²) in [6, 6.07) is 3.49. The fourth-order valence-corrected chi connectivity index (χ4v) is 2.39. The van der Waals surface area contributed by atoms with E-state index in [4.69, 9.17) is 22.1 Å². The van der Waals surface area contributed by atoms with Gasteiger partial charge in [0, 0.05) is 18.3 Å². The number of rotatable bonds is 5. The largest absolute Gasteiger partial charge is 0.462 e. The summed E-state index contributed by atoms with van der Waals surface area (Å²) in [5.41, 5.74) is 7.33. The van der Waals surface area contributed by atoms with E-state index >= 15 is 0 Å². The van der Waals surface area contributed by atoms with Crippen molar-refractivity contribution in [1.82, 2.24) is 0 Å². The van der Waals surface area contributed by atoms with E-state index in [9.17, 15) is 4.79 Å². The average molecular weight is 285 g/mol. The van der Waals surface area contributed by atoms with Crippen LogP contribution in [0.25, 0.3) is 0 Å². The molecule has 0 aliphatic carbocycles. The molecule has 19 heavy (non-hydrogen) atoms. The van der Waals surface area contributed by atoms with E-state index < -0.39 is 5.97 Å².